The van der Waals surface area contributed by atoms with Crippen molar-refractivity contribution in [3.05, 3.63) is 0 Å². The molecule has 1 aliphatic heterocycles. The first-order valence-corrected chi connectivity index (χ1v) is 8.98. The number of carbonyl (C=O) groups excluding carboxylic acids is 3. The molecule has 1 saturated heterocycles. The second-order valence-corrected chi connectivity index (χ2v) is 7.43. The molecule has 25 heavy (non-hydrogen) atoms. The van der Waals surface area contributed by atoms with Gasteiger partial charge in [0.05, 0.1) is 17.8 Å². The summed E-state index contributed by atoms with van der Waals surface area (Å²) in [6, 6.07) is -0.553. The number of hydrogen-bond acceptors (Lipinski definition) is 3. The number of likely N-dealkylation sites (tertiary alicyclic amines) is 1. The van der Waals surface area contributed by atoms with Crippen LogP contribution in [0.1, 0.15) is 51.4 Å². The molecule has 3 fully saturated rings. The predicted octanol–water partition coefficient (Wildman–Crippen LogP) is 2.40. The number of imide groups is 1. The molecule has 0 aromatic heterocycles. The highest BCUT2D eigenvalue weighted by Crippen LogP contribution is 2.39. The van der Waals surface area contributed by atoms with Crippen molar-refractivity contribution in [1.29, 1.82) is 0 Å². The van der Waals surface area contributed by atoms with Gasteiger partial charge in [0.2, 0.25) is 17.7 Å². The normalized spacial score (nSPS) is 33.3. The minimum atomic E-state index is -4.25. The summed E-state index contributed by atoms with van der Waals surface area (Å²) >= 11 is 0. The van der Waals surface area contributed by atoms with Crippen LogP contribution in [0, 0.1) is 17.8 Å². The average Bonchev–Trinajstić information content (AvgIpc) is 2.80. The van der Waals surface area contributed by atoms with E-state index in [2.05, 4.69) is 5.32 Å². The molecule has 4 unspecified atom stereocenters. The van der Waals surface area contributed by atoms with Gasteiger partial charge in [-0.15, -0.1) is 0 Å². The summed E-state index contributed by atoms with van der Waals surface area (Å²) in [4.78, 5) is 37.9. The summed E-state index contributed by atoms with van der Waals surface area (Å²) in [5.74, 6) is -3.20. The summed E-state index contributed by atoms with van der Waals surface area (Å²) in [6.45, 7) is -0.377. The van der Waals surface area contributed by atoms with E-state index >= 15 is 0 Å². The first-order chi connectivity index (χ1) is 11.8. The Bertz CT molecular complexity index is 540. The fourth-order valence-electron chi connectivity index (χ4n) is 4.42. The fraction of sp³-hybridized carbons (Fsp3) is 0.824. The lowest BCUT2D eigenvalue weighted by atomic mass is 9.81. The third kappa shape index (κ3) is 3.82. The van der Waals surface area contributed by atoms with Crippen LogP contribution in [-0.2, 0) is 14.4 Å². The number of carbonyl (C=O) groups is 3. The van der Waals surface area contributed by atoms with Gasteiger partial charge in [0, 0.05) is 6.04 Å². The molecule has 5 nitrogen and oxygen atoms in total. The monoisotopic (exact) mass is 360 g/mol. The van der Waals surface area contributed by atoms with Crippen LogP contribution >= 0.6 is 0 Å². The molecule has 3 aliphatic rings. The number of nitrogens with zero attached hydrogens (tertiary/aromatic N) is 1. The molecule has 3 rings (SSSR count). The molecule has 1 N–H and O–H groups in total. The number of amides is 3. The van der Waals surface area contributed by atoms with Crippen LogP contribution in [0.3, 0.4) is 0 Å². The zero-order valence-electron chi connectivity index (χ0n) is 14.0. The molecule has 4 atom stereocenters. The maximum atomic E-state index is 12.8. The van der Waals surface area contributed by atoms with Crippen LogP contribution in [0.25, 0.3) is 0 Å². The van der Waals surface area contributed by atoms with E-state index < -0.39 is 24.0 Å². The lowest BCUT2D eigenvalue weighted by Crippen LogP contribution is -2.46. The molecule has 3 amide bonds. The Morgan fingerprint density at radius 1 is 1.00 bits per heavy atom. The minimum absolute atomic E-state index is 0.0856. The zero-order chi connectivity index (χ0) is 18.2. The number of rotatable bonds is 3. The Balaban J connectivity index is 1.56. The van der Waals surface area contributed by atoms with Crippen LogP contribution < -0.4 is 5.32 Å². The largest absolute Gasteiger partial charge is 0.391 e. The summed E-state index contributed by atoms with van der Waals surface area (Å²) < 4.78 is 38.5. The topological polar surface area (TPSA) is 66.5 Å². The van der Waals surface area contributed by atoms with Crippen molar-refractivity contribution in [1.82, 2.24) is 10.2 Å². The molecule has 140 valence electrons. The van der Waals surface area contributed by atoms with Crippen molar-refractivity contribution in [3.8, 4) is 0 Å². The molecule has 2 saturated carbocycles. The fourth-order valence-corrected chi connectivity index (χ4v) is 4.42. The first kappa shape index (κ1) is 18.2. The Labute approximate surface area is 144 Å². The van der Waals surface area contributed by atoms with Crippen molar-refractivity contribution >= 4 is 17.7 Å². The van der Waals surface area contributed by atoms with Crippen LogP contribution in [-0.4, -0.2) is 41.4 Å². The van der Waals surface area contributed by atoms with Gasteiger partial charge in [-0.3, -0.25) is 19.3 Å². The van der Waals surface area contributed by atoms with Gasteiger partial charge in [0.15, 0.2) is 0 Å². The van der Waals surface area contributed by atoms with E-state index in [-0.39, 0.29) is 43.0 Å². The third-order valence-corrected chi connectivity index (χ3v) is 5.74. The maximum absolute atomic E-state index is 12.8. The van der Waals surface area contributed by atoms with E-state index in [0.29, 0.717) is 25.7 Å². The van der Waals surface area contributed by atoms with Crippen molar-refractivity contribution in [2.45, 2.75) is 63.6 Å². The van der Waals surface area contributed by atoms with Crippen molar-refractivity contribution in [2.24, 2.45) is 17.8 Å². The molecule has 0 radical (unpaired) electrons. The van der Waals surface area contributed by atoms with E-state index in [0.717, 1.165) is 17.7 Å². The number of nitrogens with one attached hydrogen (secondary N) is 1. The number of hydrogen-bond donors (Lipinski definition) is 1. The maximum Gasteiger partial charge on any atom is 0.391 e. The van der Waals surface area contributed by atoms with Gasteiger partial charge in [-0.2, -0.15) is 13.2 Å². The Morgan fingerprint density at radius 3 is 2.16 bits per heavy atom. The van der Waals surface area contributed by atoms with Gasteiger partial charge < -0.3 is 5.32 Å². The van der Waals surface area contributed by atoms with E-state index in [1.54, 1.807) is 0 Å². The Hall–Kier alpha value is -1.60. The number of halogens is 3. The van der Waals surface area contributed by atoms with E-state index in [4.69, 9.17) is 0 Å². The molecular formula is C17H23F3N2O3. The first-order valence-electron chi connectivity index (χ1n) is 8.98. The Kier molecular flexibility index (Phi) is 5.06. The molecular weight excluding hydrogens is 337 g/mol. The van der Waals surface area contributed by atoms with Crippen molar-refractivity contribution in [2.75, 3.05) is 6.54 Å². The average molecular weight is 360 g/mol. The van der Waals surface area contributed by atoms with Gasteiger partial charge in [-0.05, 0) is 32.1 Å². The SMILES string of the molecule is O=C(CN1C(=O)C2CCCCC2C1=O)NC1CCCC(C(F)(F)F)C1. The van der Waals surface area contributed by atoms with E-state index in [1.165, 1.54) is 0 Å². The smallest absolute Gasteiger partial charge is 0.352 e. The van der Waals surface area contributed by atoms with Crippen LogP contribution in [0.4, 0.5) is 13.2 Å². The van der Waals surface area contributed by atoms with E-state index in [1.807, 2.05) is 0 Å². The molecule has 0 aromatic carbocycles. The molecule has 1 heterocycles. The number of alkyl halides is 3. The summed E-state index contributed by atoms with van der Waals surface area (Å²) in [5, 5.41) is 2.59. The van der Waals surface area contributed by atoms with Crippen molar-refractivity contribution < 1.29 is 27.6 Å². The lowest BCUT2D eigenvalue weighted by molar-refractivity contribution is -0.184. The molecule has 0 spiro atoms. The summed E-state index contributed by atoms with van der Waals surface area (Å²) in [5.41, 5.74) is 0. The van der Waals surface area contributed by atoms with Gasteiger partial charge in [-0.1, -0.05) is 19.3 Å². The second kappa shape index (κ2) is 6.96. The highest BCUT2D eigenvalue weighted by atomic mass is 19.4. The van der Waals surface area contributed by atoms with Gasteiger partial charge in [0.1, 0.15) is 6.54 Å². The highest BCUT2D eigenvalue weighted by Gasteiger charge is 2.48. The summed E-state index contributed by atoms with van der Waals surface area (Å²) in [6.07, 6.45) is -0.258. The van der Waals surface area contributed by atoms with Crippen LogP contribution in [0.5, 0.6) is 0 Å². The Morgan fingerprint density at radius 2 is 1.60 bits per heavy atom. The van der Waals surface area contributed by atoms with Gasteiger partial charge >= 0.3 is 6.18 Å². The second-order valence-electron chi connectivity index (χ2n) is 7.43. The minimum Gasteiger partial charge on any atom is -0.352 e. The van der Waals surface area contributed by atoms with Crippen molar-refractivity contribution in [3.63, 3.8) is 0 Å². The predicted molar refractivity (Wildman–Crippen MR) is 82.1 cm³/mol. The molecule has 0 bridgehead atoms. The third-order valence-electron chi connectivity index (χ3n) is 5.74. The summed E-state index contributed by atoms with van der Waals surface area (Å²) in [7, 11) is 0. The van der Waals surface area contributed by atoms with Gasteiger partial charge in [0.25, 0.3) is 0 Å². The number of fused-ring (bicyclic) bond motifs is 1. The molecule has 2 aliphatic carbocycles. The quantitative estimate of drug-likeness (QED) is 0.786. The molecule has 8 heteroatoms. The molecule has 0 aromatic rings. The highest BCUT2D eigenvalue weighted by molar-refractivity contribution is 6.07. The van der Waals surface area contributed by atoms with E-state index in [9.17, 15) is 27.6 Å². The van der Waals surface area contributed by atoms with Crippen LogP contribution in [0.15, 0.2) is 0 Å². The standard InChI is InChI=1S/C17H23F3N2O3/c18-17(19,20)10-4-3-5-11(8-10)21-14(23)9-22-15(24)12-6-1-2-7-13(12)16(22)25/h10-13H,1-9H2,(H,21,23). The van der Waals surface area contributed by atoms with Gasteiger partial charge in [-0.25, -0.2) is 0 Å². The van der Waals surface area contributed by atoms with Crippen LogP contribution in [0.2, 0.25) is 0 Å². The zero-order valence-corrected chi connectivity index (χ0v) is 14.0. The lowest BCUT2D eigenvalue weighted by Gasteiger charge is -2.31.